The topological polar surface area (TPSA) is 87.4 Å². The van der Waals surface area contributed by atoms with Crippen LogP contribution >= 0.6 is 7.75 Å². The van der Waals surface area contributed by atoms with Gasteiger partial charge in [0, 0.05) is 45.5 Å². The van der Waals surface area contributed by atoms with Crippen LogP contribution in [0.15, 0.2) is 30.3 Å². The summed E-state index contributed by atoms with van der Waals surface area (Å²) in [7, 11) is -1.28. The molecule has 3 N–H and O–H groups in total. The monoisotopic (exact) mass is 306 g/mol. The van der Waals surface area contributed by atoms with Crippen LogP contribution in [0.5, 0.6) is 0 Å². The molecule has 0 fully saturated rings. The van der Waals surface area contributed by atoms with Gasteiger partial charge in [0.1, 0.15) is 0 Å². The van der Waals surface area contributed by atoms with Crippen molar-refractivity contribution in [2.45, 2.75) is 0 Å². The summed E-state index contributed by atoms with van der Waals surface area (Å²) < 4.78 is 15.1. The summed E-state index contributed by atoms with van der Waals surface area (Å²) in [6.07, 6.45) is 0. The minimum Gasteiger partial charge on any atom is -0.762 e. The van der Waals surface area contributed by atoms with Gasteiger partial charge in [0.2, 0.25) is 7.75 Å². The van der Waals surface area contributed by atoms with E-state index in [1.54, 1.807) is 30.3 Å². The van der Waals surface area contributed by atoms with Gasteiger partial charge in [-0.1, -0.05) is 18.2 Å². The Kier molecular flexibility index (Phi) is 11.1. The summed E-state index contributed by atoms with van der Waals surface area (Å²) in [6, 6.07) is 8.55. The molecule has 0 aromatic heterocycles. The van der Waals surface area contributed by atoms with Crippen LogP contribution in [-0.4, -0.2) is 14.2 Å². The van der Waals surface area contributed by atoms with Crippen LogP contribution in [0, 0.1) is 0 Å². The smallest absolute Gasteiger partial charge is 0.229 e. The molecule has 15 heavy (non-hydrogen) atoms. The van der Waals surface area contributed by atoms with Crippen LogP contribution in [0.3, 0.4) is 0 Å². The number of benzene rings is 1. The van der Waals surface area contributed by atoms with Crippen molar-refractivity contribution in [3.63, 3.8) is 0 Å². The summed E-state index contributed by atoms with van der Waals surface area (Å²) in [5, 5.41) is 2.25. The van der Waals surface area contributed by atoms with E-state index >= 15 is 0 Å². The first-order valence-electron chi connectivity index (χ1n) is 3.92. The second-order valence-electron chi connectivity index (χ2n) is 2.16. The summed E-state index contributed by atoms with van der Waals surface area (Å²) in [5.41, 5.74) is 5.00. The predicted octanol–water partition coefficient (Wildman–Crippen LogP) is 0.786. The molecule has 1 rings (SSSR count). The zero-order valence-electron chi connectivity index (χ0n) is 8.71. The Labute approximate surface area is 115 Å². The molecule has 1 atom stereocenters. The van der Waals surface area contributed by atoms with Crippen molar-refractivity contribution in [1.82, 2.24) is 0 Å². The molecule has 0 spiro atoms. The molecule has 1 radical (unpaired) electrons. The van der Waals surface area contributed by atoms with Crippen LogP contribution in [-0.2, 0) is 41.8 Å². The molecule has 0 aliphatic rings. The third-order valence-electron chi connectivity index (χ3n) is 1.28. The summed E-state index contributed by atoms with van der Waals surface area (Å²) in [5.74, 6) is 0. The second kappa shape index (κ2) is 9.46. The van der Waals surface area contributed by atoms with Gasteiger partial charge >= 0.3 is 0 Å². The second-order valence-corrected chi connectivity index (χ2v) is 3.74. The van der Waals surface area contributed by atoms with Crippen molar-refractivity contribution in [3.8, 4) is 0 Å². The molecule has 1 unspecified atom stereocenters. The first-order chi connectivity index (χ1) is 6.64. The van der Waals surface area contributed by atoms with E-state index in [1.165, 1.54) is 7.05 Å². The molecule has 0 amide bonds. The van der Waals surface area contributed by atoms with Crippen molar-refractivity contribution in [2.24, 2.45) is 5.73 Å². The number of nitrogens with one attached hydrogen (secondary N) is 1. The number of hydrogen-bond donors (Lipinski definition) is 2. The molecule has 0 saturated heterocycles. The standard InChI is InChI=1S/C7H10NO3P.CH5N.Y/c1-11-12(9,10)8-7-5-3-2-4-6-7;1-2;/h2-6H,1H3,(H2,8,9,10);2H2,1H3;/p-1. The van der Waals surface area contributed by atoms with Gasteiger partial charge in [-0.2, -0.15) is 0 Å². The Morgan fingerprint density at radius 2 is 1.80 bits per heavy atom. The van der Waals surface area contributed by atoms with Gasteiger partial charge < -0.3 is 20.2 Å². The zero-order valence-corrected chi connectivity index (χ0v) is 12.4. The average Bonchev–Trinajstić information content (AvgIpc) is 2.22. The molecular formula is C8H14N2O3PY-. The van der Waals surface area contributed by atoms with E-state index in [0.29, 0.717) is 5.69 Å². The fraction of sp³-hybridized carbons (Fsp3) is 0.250. The quantitative estimate of drug-likeness (QED) is 0.806. The molecular weight excluding hydrogens is 292 g/mol. The normalized spacial score (nSPS) is 12.5. The summed E-state index contributed by atoms with van der Waals surface area (Å²) >= 11 is 0. The molecule has 5 nitrogen and oxygen atoms in total. The third-order valence-corrected chi connectivity index (χ3v) is 2.29. The van der Waals surface area contributed by atoms with Crippen molar-refractivity contribution < 1.29 is 46.7 Å². The minimum absolute atomic E-state index is 0. The summed E-state index contributed by atoms with van der Waals surface area (Å²) in [6.45, 7) is 0. The van der Waals surface area contributed by atoms with Crippen LogP contribution in [0.25, 0.3) is 0 Å². The predicted molar refractivity (Wildman–Crippen MR) is 54.8 cm³/mol. The Hall–Kier alpha value is 0.234. The molecule has 0 aliphatic heterocycles. The third kappa shape index (κ3) is 8.08. The Morgan fingerprint density at radius 1 is 1.33 bits per heavy atom. The molecule has 1 aromatic carbocycles. The van der Waals surface area contributed by atoms with Crippen LogP contribution in [0.1, 0.15) is 0 Å². The van der Waals surface area contributed by atoms with Gasteiger partial charge in [0.15, 0.2) is 0 Å². The number of rotatable bonds is 3. The fourth-order valence-electron chi connectivity index (χ4n) is 0.716. The molecule has 0 aliphatic carbocycles. The van der Waals surface area contributed by atoms with Crippen LogP contribution in [0.2, 0.25) is 0 Å². The molecule has 7 heteroatoms. The number of nitrogens with two attached hydrogens (primary N) is 1. The van der Waals surface area contributed by atoms with E-state index in [-0.39, 0.29) is 32.7 Å². The molecule has 1 aromatic rings. The molecule has 0 heterocycles. The van der Waals surface area contributed by atoms with Crippen molar-refractivity contribution in [1.29, 1.82) is 0 Å². The van der Waals surface area contributed by atoms with E-state index in [2.05, 4.69) is 15.3 Å². The van der Waals surface area contributed by atoms with Crippen LogP contribution in [0.4, 0.5) is 5.69 Å². The Balaban J connectivity index is 0. The Morgan fingerprint density at radius 3 is 2.20 bits per heavy atom. The first kappa shape index (κ1) is 17.6. The summed E-state index contributed by atoms with van der Waals surface area (Å²) in [4.78, 5) is 10.9. The van der Waals surface area contributed by atoms with Crippen molar-refractivity contribution in [3.05, 3.63) is 30.3 Å². The van der Waals surface area contributed by atoms with E-state index < -0.39 is 7.75 Å². The fourth-order valence-corrected chi connectivity index (χ4v) is 1.27. The number of anilines is 1. The maximum absolute atomic E-state index is 10.9. The maximum atomic E-state index is 10.9. The number of hydrogen-bond acceptors (Lipinski definition) is 4. The zero-order chi connectivity index (χ0) is 11.0. The maximum Gasteiger partial charge on any atom is 0.229 e. The largest absolute Gasteiger partial charge is 0.762 e. The minimum atomic E-state index is -3.90. The molecule has 0 saturated carbocycles. The van der Waals surface area contributed by atoms with Gasteiger partial charge in [0.05, 0.1) is 0 Å². The molecule has 0 bridgehead atoms. The van der Waals surface area contributed by atoms with E-state index in [9.17, 15) is 9.46 Å². The van der Waals surface area contributed by atoms with E-state index in [1.807, 2.05) is 0 Å². The Bertz CT molecular complexity index is 297. The van der Waals surface area contributed by atoms with Crippen molar-refractivity contribution >= 4 is 13.4 Å². The van der Waals surface area contributed by atoms with Gasteiger partial charge in [0.25, 0.3) is 0 Å². The van der Waals surface area contributed by atoms with Crippen molar-refractivity contribution in [2.75, 3.05) is 19.2 Å². The van der Waals surface area contributed by atoms with E-state index in [4.69, 9.17) is 0 Å². The average molecular weight is 306 g/mol. The molecule has 83 valence electrons. The first-order valence-corrected chi connectivity index (χ1v) is 5.46. The van der Waals surface area contributed by atoms with Gasteiger partial charge in [-0.3, -0.25) is 4.57 Å². The number of para-hydroxylation sites is 1. The van der Waals surface area contributed by atoms with Gasteiger partial charge in [-0.05, 0) is 19.2 Å². The van der Waals surface area contributed by atoms with Crippen LogP contribution < -0.4 is 15.7 Å². The SMILES string of the molecule is CN.COP(=O)([O-])Nc1ccccc1.[Y]. The van der Waals surface area contributed by atoms with Gasteiger partial charge in [-0.15, -0.1) is 0 Å². The van der Waals surface area contributed by atoms with E-state index in [0.717, 1.165) is 7.11 Å². The van der Waals surface area contributed by atoms with Gasteiger partial charge in [-0.25, -0.2) is 0 Å².